The number of piperazine rings is 1. The van der Waals surface area contributed by atoms with Gasteiger partial charge in [-0.1, -0.05) is 90.6 Å². The fourth-order valence-corrected chi connectivity index (χ4v) is 6.59. The first-order valence-electron chi connectivity index (χ1n) is 13.4. The minimum atomic E-state index is 0.0180. The third-order valence-corrected chi connectivity index (χ3v) is 8.90. The summed E-state index contributed by atoms with van der Waals surface area (Å²) < 4.78 is 2.12. The molecule has 6 rings (SSSR count). The number of carbonyl (C=O) groups excluding carboxylic acids is 1. The highest BCUT2D eigenvalue weighted by Crippen LogP contribution is 2.28. The van der Waals surface area contributed by atoms with Crippen LogP contribution >= 0.6 is 23.1 Å². The maximum atomic E-state index is 13.2. The molecule has 9 heteroatoms. The summed E-state index contributed by atoms with van der Waals surface area (Å²) in [5.41, 5.74) is 4.06. The van der Waals surface area contributed by atoms with E-state index in [2.05, 4.69) is 68.2 Å². The van der Waals surface area contributed by atoms with Crippen LogP contribution in [0.25, 0.3) is 5.69 Å². The van der Waals surface area contributed by atoms with E-state index in [4.69, 9.17) is 4.98 Å². The number of nitrogens with zero attached hydrogens (tertiary/aromatic N) is 6. The van der Waals surface area contributed by atoms with Crippen LogP contribution in [-0.4, -0.2) is 61.6 Å². The number of thiazole rings is 1. The highest BCUT2D eigenvalue weighted by molar-refractivity contribution is 7.98. The number of thioether (sulfide) groups is 1. The lowest BCUT2D eigenvalue weighted by atomic mass is 10.1. The number of hydrogen-bond acceptors (Lipinski definition) is 7. The number of carbonyl (C=O) groups is 1. The molecular formula is C31H30N6OS2. The van der Waals surface area contributed by atoms with Crippen LogP contribution < -0.4 is 0 Å². The van der Waals surface area contributed by atoms with Gasteiger partial charge in [-0.25, -0.2) is 4.98 Å². The summed E-state index contributed by atoms with van der Waals surface area (Å²) in [5, 5.41) is 12.7. The van der Waals surface area contributed by atoms with E-state index in [0.29, 0.717) is 17.9 Å². The zero-order valence-electron chi connectivity index (χ0n) is 22.1. The van der Waals surface area contributed by atoms with Gasteiger partial charge >= 0.3 is 0 Å². The smallest absolute Gasteiger partial charge is 0.273 e. The molecule has 2 aromatic heterocycles. The third kappa shape index (κ3) is 6.33. The fourth-order valence-electron chi connectivity index (χ4n) is 4.84. The predicted molar refractivity (Wildman–Crippen MR) is 160 cm³/mol. The highest BCUT2D eigenvalue weighted by Gasteiger charge is 2.24. The minimum absolute atomic E-state index is 0.0180. The Hall–Kier alpha value is -3.79. The van der Waals surface area contributed by atoms with E-state index in [0.717, 1.165) is 54.4 Å². The third-order valence-electron chi connectivity index (χ3n) is 6.92. The topological polar surface area (TPSA) is 67.2 Å². The van der Waals surface area contributed by atoms with Crippen molar-refractivity contribution in [3.63, 3.8) is 0 Å². The Kier molecular flexibility index (Phi) is 8.32. The van der Waals surface area contributed by atoms with E-state index >= 15 is 0 Å². The number of para-hydroxylation sites is 1. The SMILES string of the molecule is O=C(c1csc(CSc2nnc(Cc3ccccc3)n2-c2ccccc2)n1)N1CCN(Cc2ccccc2)CC1. The molecular weight excluding hydrogens is 537 g/mol. The largest absolute Gasteiger partial charge is 0.335 e. The highest BCUT2D eigenvalue weighted by atomic mass is 32.2. The van der Waals surface area contributed by atoms with Gasteiger partial charge in [0.25, 0.3) is 5.91 Å². The number of rotatable bonds is 9. The first-order chi connectivity index (χ1) is 19.7. The van der Waals surface area contributed by atoms with Crippen molar-refractivity contribution >= 4 is 29.0 Å². The summed E-state index contributed by atoms with van der Waals surface area (Å²) in [6, 6.07) is 31.0. The lowest BCUT2D eigenvalue weighted by Crippen LogP contribution is -2.48. The zero-order valence-corrected chi connectivity index (χ0v) is 23.7. The number of hydrogen-bond donors (Lipinski definition) is 0. The zero-order chi connectivity index (χ0) is 27.1. The monoisotopic (exact) mass is 566 g/mol. The Labute approximate surface area is 242 Å². The van der Waals surface area contributed by atoms with Crippen molar-refractivity contribution in [1.82, 2.24) is 29.5 Å². The van der Waals surface area contributed by atoms with Crippen molar-refractivity contribution in [2.45, 2.75) is 23.9 Å². The van der Waals surface area contributed by atoms with Gasteiger partial charge in [-0.05, 0) is 23.3 Å². The molecule has 5 aromatic rings. The van der Waals surface area contributed by atoms with Gasteiger partial charge in [0.1, 0.15) is 16.5 Å². The number of amides is 1. The Balaban J connectivity index is 1.09. The molecule has 1 fully saturated rings. The molecule has 1 amide bonds. The van der Waals surface area contributed by atoms with Crippen molar-refractivity contribution < 1.29 is 4.79 Å². The second-order valence-electron chi connectivity index (χ2n) is 9.70. The van der Waals surface area contributed by atoms with Crippen LogP contribution in [0.2, 0.25) is 0 Å². The standard InChI is InChI=1S/C31H30N6OS2/c38-30(36-18-16-35(17-19-36)21-25-12-6-2-7-13-25)27-22-39-29(32-27)23-40-31-34-33-28(20-24-10-4-1-5-11-24)37(31)26-14-8-3-9-15-26/h1-15,22H,16-21,23H2. The number of benzene rings is 3. The van der Waals surface area contributed by atoms with Gasteiger partial charge in [0.15, 0.2) is 5.16 Å². The van der Waals surface area contributed by atoms with E-state index in [1.165, 1.54) is 22.5 Å². The lowest BCUT2D eigenvalue weighted by Gasteiger charge is -2.34. The predicted octanol–water partition coefficient (Wildman–Crippen LogP) is 5.56. The van der Waals surface area contributed by atoms with Crippen LogP contribution in [0.3, 0.4) is 0 Å². The molecule has 1 aliphatic rings. The van der Waals surface area contributed by atoms with Crippen LogP contribution in [0.1, 0.15) is 32.4 Å². The molecule has 1 aliphatic heterocycles. The maximum absolute atomic E-state index is 13.2. The average Bonchev–Trinajstić information content (AvgIpc) is 3.65. The molecule has 40 heavy (non-hydrogen) atoms. The molecule has 0 spiro atoms. The molecule has 3 aromatic carbocycles. The molecule has 0 N–H and O–H groups in total. The fraction of sp³-hybridized carbons (Fsp3) is 0.226. The van der Waals surface area contributed by atoms with Crippen molar-refractivity contribution in [2.24, 2.45) is 0 Å². The van der Waals surface area contributed by atoms with Crippen molar-refractivity contribution in [1.29, 1.82) is 0 Å². The summed E-state index contributed by atoms with van der Waals surface area (Å²) >= 11 is 3.12. The van der Waals surface area contributed by atoms with Crippen molar-refractivity contribution in [2.75, 3.05) is 26.2 Å². The Morgan fingerprint density at radius 2 is 1.45 bits per heavy atom. The van der Waals surface area contributed by atoms with Crippen molar-refractivity contribution in [3.05, 3.63) is 124 Å². The molecule has 1 saturated heterocycles. The lowest BCUT2D eigenvalue weighted by molar-refractivity contribution is 0.0623. The summed E-state index contributed by atoms with van der Waals surface area (Å²) in [6.45, 7) is 4.10. The molecule has 0 bridgehead atoms. The second-order valence-corrected chi connectivity index (χ2v) is 11.6. The van der Waals surface area contributed by atoms with Gasteiger partial charge in [-0.15, -0.1) is 21.5 Å². The first kappa shape index (κ1) is 26.4. The summed E-state index contributed by atoms with van der Waals surface area (Å²) in [7, 11) is 0. The molecule has 0 radical (unpaired) electrons. The van der Waals surface area contributed by atoms with E-state index in [1.54, 1.807) is 11.8 Å². The molecule has 0 unspecified atom stereocenters. The van der Waals surface area contributed by atoms with E-state index < -0.39 is 0 Å². The number of aromatic nitrogens is 4. The average molecular weight is 567 g/mol. The summed E-state index contributed by atoms with van der Waals surface area (Å²) in [4.78, 5) is 22.2. The van der Waals surface area contributed by atoms with E-state index in [1.807, 2.05) is 52.7 Å². The maximum Gasteiger partial charge on any atom is 0.273 e. The normalized spacial score (nSPS) is 13.9. The van der Waals surface area contributed by atoms with Crippen LogP contribution in [-0.2, 0) is 18.7 Å². The molecule has 0 aliphatic carbocycles. The van der Waals surface area contributed by atoms with E-state index in [-0.39, 0.29) is 5.91 Å². The molecule has 3 heterocycles. The first-order valence-corrected chi connectivity index (χ1v) is 15.3. The van der Waals surface area contributed by atoms with Crippen molar-refractivity contribution in [3.8, 4) is 5.69 Å². The van der Waals surface area contributed by atoms with Gasteiger partial charge in [0.2, 0.25) is 0 Å². The van der Waals surface area contributed by atoms with Crippen LogP contribution in [0.15, 0.2) is 102 Å². The molecule has 0 atom stereocenters. The Bertz CT molecular complexity index is 1530. The van der Waals surface area contributed by atoms with Gasteiger partial charge in [-0.2, -0.15) is 0 Å². The van der Waals surface area contributed by atoms with Crippen LogP contribution in [0, 0.1) is 0 Å². The Morgan fingerprint density at radius 3 is 2.15 bits per heavy atom. The Morgan fingerprint density at radius 1 is 0.800 bits per heavy atom. The van der Waals surface area contributed by atoms with E-state index in [9.17, 15) is 4.79 Å². The quantitative estimate of drug-likeness (QED) is 0.218. The minimum Gasteiger partial charge on any atom is -0.335 e. The summed E-state index contributed by atoms with van der Waals surface area (Å²) in [6.07, 6.45) is 0.692. The molecule has 7 nitrogen and oxygen atoms in total. The van der Waals surface area contributed by atoms with Gasteiger partial charge < -0.3 is 4.90 Å². The molecule has 202 valence electrons. The van der Waals surface area contributed by atoms with Crippen LogP contribution in [0.4, 0.5) is 0 Å². The van der Waals surface area contributed by atoms with Gasteiger partial charge in [0.05, 0.1) is 5.75 Å². The van der Waals surface area contributed by atoms with Gasteiger partial charge in [0, 0.05) is 50.2 Å². The van der Waals surface area contributed by atoms with Gasteiger partial charge in [-0.3, -0.25) is 14.3 Å². The second kappa shape index (κ2) is 12.6. The van der Waals surface area contributed by atoms with Crippen LogP contribution in [0.5, 0.6) is 0 Å². The summed E-state index contributed by atoms with van der Waals surface area (Å²) in [5.74, 6) is 1.53. The molecule has 0 saturated carbocycles.